The first-order valence-corrected chi connectivity index (χ1v) is 16.7. The van der Waals surface area contributed by atoms with Crippen molar-refractivity contribution in [1.82, 2.24) is 19.2 Å². The Kier molecular flexibility index (Phi) is 8.02. The highest BCUT2D eigenvalue weighted by atomic mass is 32.3. The largest absolute Gasteiger partial charge is 0.492 e. The number of carbonyl (C=O) groups is 2. The van der Waals surface area contributed by atoms with Crippen molar-refractivity contribution in [2.24, 2.45) is 0 Å². The summed E-state index contributed by atoms with van der Waals surface area (Å²) in [5.41, 5.74) is 1.59. The molecule has 1 saturated heterocycles. The number of imidazole rings is 1. The van der Waals surface area contributed by atoms with E-state index in [0.717, 1.165) is 0 Å². The van der Waals surface area contributed by atoms with Crippen LogP contribution in [0.2, 0.25) is 0 Å². The second-order valence-electron chi connectivity index (χ2n) is 10.6. The number of hydrogen-bond donors (Lipinski definition) is 4. The number of aromatic nitrogens is 2. The van der Waals surface area contributed by atoms with Gasteiger partial charge in [-0.25, -0.2) is 18.2 Å². The molecule has 1 aliphatic heterocycles. The van der Waals surface area contributed by atoms with Gasteiger partial charge < -0.3 is 9.82 Å². The second-order valence-corrected chi connectivity index (χ2v) is 14.3. The van der Waals surface area contributed by atoms with Gasteiger partial charge in [0.25, 0.3) is 10.0 Å². The van der Waals surface area contributed by atoms with Crippen LogP contribution in [0.4, 0.5) is 13.2 Å². The number of sulfonamides is 1. The molecule has 11 nitrogen and oxygen atoms in total. The fourth-order valence-corrected chi connectivity index (χ4v) is 8.09. The van der Waals surface area contributed by atoms with E-state index in [2.05, 4.69) is 19.5 Å². The van der Waals surface area contributed by atoms with Crippen LogP contribution in [0.1, 0.15) is 34.7 Å². The molecule has 1 aliphatic rings. The number of carbonyl (C=O) groups excluding carboxylic acids is 2. The summed E-state index contributed by atoms with van der Waals surface area (Å²) < 4.78 is 91.7. The quantitative estimate of drug-likeness (QED) is 0.147. The summed E-state index contributed by atoms with van der Waals surface area (Å²) in [6.07, 6.45) is -6.04. The number of benzene rings is 4. The van der Waals surface area contributed by atoms with Crippen molar-refractivity contribution in [3.8, 4) is 0 Å². The number of aromatic amines is 1. The van der Waals surface area contributed by atoms with Gasteiger partial charge in [-0.2, -0.15) is 13.2 Å². The normalized spacial score (nSPS) is 18.0. The molecule has 0 bridgehead atoms. The van der Waals surface area contributed by atoms with E-state index in [4.69, 9.17) is 0 Å². The average molecular weight is 675 g/mol. The number of hydroxylamine groups is 1. The summed E-state index contributed by atoms with van der Waals surface area (Å²) in [6.45, 7) is 0. The number of hydrogen-bond acceptors (Lipinski definition) is 8. The van der Waals surface area contributed by atoms with Crippen LogP contribution in [0.25, 0.3) is 21.8 Å². The molecule has 0 spiro atoms. The van der Waals surface area contributed by atoms with Crippen molar-refractivity contribution in [2.75, 3.05) is 0 Å². The summed E-state index contributed by atoms with van der Waals surface area (Å²) in [5.74, 6) is -3.40. The summed E-state index contributed by atoms with van der Waals surface area (Å²) in [7, 11) is -8.43. The number of halogens is 3. The topological polar surface area (TPSA) is 162 Å². The Labute approximate surface area is 261 Å². The third-order valence-corrected chi connectivity index (χ3v) is 10.9. The fraction of sp³-hybridized carbons (Fsp3) is 0.167. The first-order valence-electron chi connectivity index (χ1n) is 13.7. The van der Waals surface area contributed by atoms with Gasteiger partial charge in [-0.1, -0.05) is 66.7 Å². The van der Waals surface area contributed by atoms with Gasteiger partial charge in [0.05, 0.1) is 22.3 Å². The maximum absolute atomic E-state index is 14.1. The Balaban J connectivity index is 1.45. The van der Waals surface area contributed by atoms with Crippen LogP contribution in [0.3, 0.4) is 0 Å². The lowest BCUT2D eigenvalue weighted by Crippen LogP contribution is -2.42. The number of H-pyrrole nitrogens is 1. The van der Waals surface area contributed by atoms with Crippen molar-refractivity contribution < 1.29 is 45.1 Å². The Bertz CT molecular complexity index is 2040. The maximum atomic E-state index is 14.1. The van der Waals surface area contributed by atoms with Crippen molar-refractivity contribution in [2.45, 2.75) is 35.2 Å². The minimum atomic E-state index is -5.53. The van der Waals surface area contributed by atoms with E-state index in [9.17, 15) is 40.3 Å². The van der Waals surface area contributed by atoms with Crippen LogP contribution in [0.15, 0.2) is 95.9 Å². The molecule has 0 saturated carbocycles. The lowest BCUT2D eigenvalue weighted by atomic mass is 10.0. The highest BCUT2D eigenvalue weighted by Crippen LogP contribution is 2.56. The van der Waals surface area contributed by atoms with Gasteiger partial charge in [-0.3, -0.25) is 18.6 Å². The Morgan fingerprint density at radius 3 is 2.33 bits per heavy atom. The van der Waals surface area contributed by atoms with Gasteiger partial charge in [0.1, 0.15) is 17.1 Å². The van der Waals surface area contributed by atoms with Crippen LogP contribution in [0.5, 0.6) is 0 Å². The predicted octanol–water partition coefficient (Wildman–Crippen LogP) is 5.94. The van der Waals surface area contributed by atoms with E-state index in [1.165, 1.54) is 42.5 Å². The van der Waals surface area contributed by atoms with Crippen LogP contribution in [0, 0.1) is 0 Å². The van der Waals surface area contributed by atoms with Gasteiger partial charge >= 0.3 is 12.1 Å². The Hall–Kier alpha value is -4.48. The number of nitrogens with one attached hydrogen (secondary N) is 2. The molecule has 2 heterocycles. The van der Waals surface area contributed by atoms with E-state index in [0.29, 0.717) is 32.9 Å². The van der Waals surface area contributed by atoms with E-state index < -0.39 is 55.0 Å². The van der Waals surface area contributed by atoms with Crippen molar-refractivity contribution in [3.63, 3.8) is 0 Å². The molecule has 1 amide bonds. The number of nitrogens with zero attached hydrogens (tertiary/aromatic N) is 2. The molecule has 4 aromatic carbocycles. The number of fused-ring (bicyclic) bond motifs is 2. The van der Waals surface area contributed by atoms with E-state index >= 15 is 0 Å². The van der Waals surface area contributed by atoms with E-state index in [1.807, 2.05) is 0 Å². The lowest BCUT2D eigenvalue weighted by molar-refractivity contribution is -0.227. The first kappa shape index (κ1) is 31.5. The summed E-state index contributed by atoms with van der Waals surface area (Å²) in [6, 6.07) is 21.6. The highest BCUT2D eigenvalue weighted by molar-refractivity contribution is 8.23. The zero-order chi connectivity index (χ0) is 32.9. The van der Waals surface area contributed by atoms with Crippen LogP contribution in [-0.2, 0) is 30.9 Å². The molecule has 16 heteroatoms. The Morgan fingerprint density at radius 2 is 1.67 bits per heavy atom. The van der Waals surface area contributed by atoms with Gasteiger partial charge in [0.2, 0.25) is 5.91 Å². The summed E-state index contributed by atoms with van der Waals surface area (Å²) in [4.78, 5) is 35.7. The lowest BCUT2D eigenvalue weighted by Gasteiger charge is -2.33. The molecule has 1 aromatic heterocycles. The summed E-state index contributed by atoms with van der Waals surface area (Å²) in [5, 5.41) is 0.218. The van der Waals surface area contributed by atoms with Gasteiger partial charge in [0, 0.05) is 0 Å². The predicted molar refractivity (Wildman–Crippen MR) is 162 cm³/mol. The van der Waals surface area contributed by atoms with Gasteiger partial charge in [-0.15, -0.1) is 10.8 Å². The smallest absolute Gasteiger partial charge is 0.344 e. The van der Waals surface area contributed by atoms with E-state index in [1.54, 1.807) is 48.5 Å². The van der Waals surface area contributed by atoms with E-state index in [-0.39, 0.29) is 23.1 Å². The van der Waals surface area contributed by atoms with Crippen molar-refractivity contribution in [3.05, 3.63) is 108 Å². The molecule has 0 aliphatic carbocycles. The third-order valence-electron chi connectivity index (χ3n) is 7.45. The van der Waals surface area contributed by atoms with Crippen LogP contribution < -0.4 is 4.72 Å². The van der Waals surface area contributed by atoms with Crippen molar-refractivity contribution in [1.29, 1.82) is 0 Å². The fourth-order valence-electron chi connectivity index (χ4n) is 5.21. The molecule has 0 radical (unpaired) electrons. The molecular weight excluding hydrogens is 649 g/mol. The van der Waals surface area contributed by atoms with Crippen LogP contribution >= 0.6 is 10.8 Å². The maximum Gasteiger partial charge on any atom is 0.492 e. The van der Waals surface area contributed by atoms with Gasteiger partial charge in [0.15, 0.2) is 0 Å². The molecule has 1 unspecified atom stereocenters. The number of alkyl halides is 3. The highest BCUT2D eigenvalue weighted by Gasteiger charge is 2.47. The molecule has 46 heavy (non-hydrogen) atoms. The number of rotatable bonds is 8. The minimum absolute atomic E-state index is 0.0226. The zero-order valence-electron chi connectivity index (χ0n) is 23.5. The molecule has 4 N–H and O–H groups in total. The molecular formula is C30H25F3N4O7S2. The van der Waals surface area contributed by atoms with Crippen LogP contribution in [-0.4, -0.2) is 50.0 Å². The molecule has 1 fully saturated rings. The Morgan fingerprint density at radius 1 is 1.00 bits per heavy atom. The average Bonchev–Trinajstić information content (AvgIpc) is 3.57. The third kappa shape index (κ3) is 6.17. The number of para-hydroxylation sites is 2. The van der Waals surface area contributed by atoms with Crippen molar-refractivity contribution >= 4 is 54.5 Å². The summed E-state index contributed by atoms with van der Waals surface area (Å²) >= 11 is 0. The van der Waals surface area contributed by atoms with Gasteiger partial charge in [-0.05, 0) is 57.1 Å². The molecule has 2 atom stereocenters. The molecule has 5 aromatic rings. The zero-order valence-corrected chi connectivity index (χ0v) is 25.1. The standard InChI is InChI=1S/C30H25F3N4O7S2/c31-30(32,33)29(39)44-37(46(42,43)22-14-13-19-5-1-2-6-21(19)16-22)25(28-34-23-7-3-4-8-24(23)35-28)15-18-9-11-20(12-10-18)26-17-27(38)36-45(26,40)41/h1-14,16,25-26,40-41H,15,17H2,(H,34,35)(H,36,38)/t25-,26?/m0/s1. The number of amides is 1. The minimum Gasteiger partial charge on any atom is -0.344 e. The second kappa shape index (κ2) is 11.7. The molecule has 240 valence electrons. The SMILES string of the molecule is O=C1CC(c2ccc(C[C@@H](c3nc4ccccc4[nH]3)N(OC(=O)C(F)(F)F)S(=O)(=O)c3ccc4ccccc4c3)cc2)S(O)(O)N1. The molecule has 6 rings (SSSR count). The first-order chi connectivity index (χ1) is 21.7. The monoisotopic (exact) mass is 674 g/mol.